The molecule has 0 spiro atoms. The van der Waals surface area contributed by atoms with Crippen LogP contribution in [0, 0.1) is 18.7 Å². The summed E-state index contributed by atoms with van der Waals surface area (Å²) in [7, 11) is -4.20. The molecule has 120 valence electrons. The number of H-pyrrole nitrogens is 1. The first kappa shape index (κ1) is 15.6. The first-order valence-corrected chi connectivity index (χ1v) is 8.13. The Morgan fingerprint density at radius 1 is 1.26 bits per heavy atom. The van der Waals surface area contributed by atoms with E-state index in [0.29, 0.717) is 0 Å². The summed E-state index contributed by atoms with van der Waals surface area (Å²) in [5.74, 6) is -2.66. The number of hydrogen-bond acceptors (Lipinski definition) is 4. The number of pyridine rings is 2. The van der Waals surface area contributed by atoms with E-state index in [1.807, 2.05) is 4.72 Å². The van der Waals surface area contributed by atoms with Crippen LogP contribution in [-0.4, -0.2) is 23.4 Å². The summed E-state index contributed by atoms with van der Waals surface area (Å²) in [6.45, 7) is 1.32. The predicted octanol–water partition coefficient (Wildman–Crippen LogP) is 3.00. The molecule has 0 aromatic carbocycles. The fourth-order valence-electron chi connectivity index (χ4n) is 1.99. The molecule has 3 aromatic heterocycles. The molecule has 0 saturated carbocycles. The number of aromatic nitrogens is 3. The van der Waals surface area contributed by atoms with Crippen LogP contribution in [0.4, 0.5) is 14.6 Å². The molecular weight excluding hydrogens is 350 g/mol. The second-order valence-corrected chi connectivity index (χ2v) is 6.75. The molecule has 0 aliphatic carbocycles. The normalized spacial score (nSPS) is 11.8. The third kappa shape index (κ3) is 2.84. The van der Waals surface area contributed by atoms with Crippen molar-refractivity contribution in [3.63, 3.8) is 0 Å². The maximum Gasteiger partial charge on any atom is 0.265 e. The number of halogens is 3. The number of nitrogens with zero attached hydrogens (tertiary/aromatic N) is 2. The van der Waals surface area contributed by atoms with Crippen molar-refractivity contribution in [1.82, 2.24) is 15.0 Å². The van der Waals surface area contributed by atoms with E-state index >= 15 is 0 Å². The van der Waals surface area contributed by atoms with Gasteiger partial charge >= 0.3 is 0 Å². The van der Waals surface area contributed by atoms with Crippen LogP contribution in [0.25, 0.3) is 11.0 Å². The highest BCUT2D eigenvalue weighted by Gasteiger charge is 2.22. The molecule has 3 aromatic rings. The van der Waals surface area contributed by atoms with Crippen LogP contribution in [0.2, 0.25) is 5.15 Å². The Morgan fingerprint density at radius 2 is 2.00 bits per heavy atom. The maximum absolute atomic E-state index is 13.8. The fraction of sp³-hybridized carbons (Fsp3) is 0.0769. The molecule has 2 N–H and O–H groups in total. The molecular formula is C13H9ClF2N4O2S. The van der Waals surface area contributed by atoms with E-state index in [0.717, 1.165) is 6.07 Å². The number of anilines is 1. The van der Waals surface area contributed by atoms with Gasteiger partial charge in [0.15, 0.2) is 11.6 Å². The second kappa shape index (κ2) is 5.43. The summed E-state index contributed by atoms with van der Waals surface area (Å²) in [5, 5.41) is 0.444. The number of rotatable bonds is 3. The van der Waals surface area contributed by atoms with Crippen molar-refractivity contribution in [2.45, 2.75) is 11.8 Å². The Hall–Kier alpha value is -2.26. The number of aromatic amines is 1. The molecule has 0 saturated heterocycles. The predicted molar refractivity (Wildman–Crippen MR) is 80.8 cm³/mol. The van der Waals surface area contributed by atoms with Gasteiger partial charge in [0.2, 0.25) is 5.95 Å². The van der Waals surface area contributed by atoms with Crippen LogP contribution in [0.5, 0.6) is 0 Å². The van der Waals surface area contributed by atoms with Crippen LogP contribution < -0.4 is 4.72 Å². The summed E-state index contributed by atoms with van der Waals surface area (Å²) in [4.78, 5) is 9.68. The van der Waals surface area contributed by atoms with Crippen LogP contribution in [-0.2, 0) is 10.0 Å². The Bertz CT molecular complexity index is 1020. The van der Waals surface area contributed by atoms with Crippen LogP contribution in [0.1, 0.15) is 5.56 Å². The average molecular weight is 359 g/mol. The van der Waals surface area contributed by atoms with Crippen molar-refractivity contribution >= 4 is 38.5 Å². The maximum atomic E-state index is 13.8. The van der Waals surface area contributed by atoms with E-state index < -0.39 is 27.6 Å². The zero-order chi connectivity index (χ0) is 16.8. The molecule has 0 amide bonds. The molecule has 0 atom stereocenters. The zero-order valence-electron chi connectivity index (χ0n) is 11.6. The quantitative estimate of drug-likeness (QED) is 0.704. The van der Waals surface area contributed by atoms with Gasteiger partial charge in [-0.2, -0.15) is 9.37 Å². The first-order valence-electron chi connectivity index (χ1n) is 6.27. The van der Waals surface area contributed by atoms with Gasteiger partial charge in [-0.3, -0.25) is 4.72 Å². The lowest BCUT2D eigenvalue weighted by atomic mass is 10.3. The van der Waals surface area contributed by atoms with Crippen LogP contribution in [0.15, 0.2) is 29.3 Å². The minimum absolute atomic E-state index is 0.0311. The Balaban J connectivity index is 2.06. The third-order valence-corrected chi connectivity index (χ3v) is 4.68. The minimum Gasteiger partial charge on any atom is -0.345 e. The van der Waals surface area contributed by atoms with E-state index in [2.05, 4.69) is 15.0 Å². The van der Waals surface area contributed by atoms with Crippen molar-refractivity contribution in [2.24, 2.45) is 0 Å². The molecule has 0 fully saturated rings. The molecule has 0 aliphatic heterocycles. The Morgan fingerprint density at radius 3 is 2.74 bits per heavy atom. The highest BCUT2D eigenvalue weighted by Crippen LogP contribution is 2.25. The van der Waals surface area contributed by atoms with Gasteiger partial charge in [0.1, 0.15) is 15.7 Å². The zero-order valence-corrected chi connectivity index (χ0v) is 13.1. The Kier molecular flexibility index (Phi) is 3.69. The summed E-state index contributed by atoms with van der Waals surface area (Å²) in [6.07, 6.45) is 1.18. The lowest BCUT2D eigenvalue weighted by molar-refractivity contribution is 0.555. The van der Waals surface area contributed by atoms with Crippen molar-refractivity contribution in [3.05, 3.63) is 46.9 Å². The van der Waals surface area contributed by atoms with E-state index in [1.54, 1.807) is 0 Å². The Labute approximate surface area is 134 Å². The van der Waals surface area contributed by atoms with Crippen molar-refractivity contribution in [1.29, 1.82) is 0 Å². The molecule has 6 nitrogen and oxygen atoms in total. The van der Waals surface area contributed by atoms with E-state index in [4.69, 9.17) is 11.6 Å². The average Bonchev–Trinajstić information content (AvgIpc) is 2.88. The van der Waals surface area contributed by atoms with Gasteiger partial charge in [-0.25, -0.2) is 17.8 Å². The van der Waals surface area contributed by atoms with Crippen LogP contribution >= 0.6 is 11.6 Å². The summed E-state index contributed by atoms with van der Waals surface area (Å²) in [6, 6.07) is 3.73. The molecule has 3 rings (SSSR count). The number of sulfonamides is 1. The molecule has 0 bridgehead atoms. The standard InChI is InChI=1S/C13H9ClF2N4O2S/c1-6-4-8(15)13(19-11(6)16)20-23(21,22)9-5-17-12-7(9)2-3-10(14)18-12/h2-5H,1H3,(H,17,18)(H,19,20). The third-order valence-electron chi connectivity index (χ3n) is 3.09. The van der Waals surface area contributed by atoms with Gasteiger partial charge in [-0.1, -0.05) is 11.6 Å². The van der Waals surface area contributed by atoms with Gasteiger partial charge in [0, 0.05) is 17.1 Å². The van der Waals surface area contributed by atoms with Crippen molar-refractivity contribution < 1.29 is 17.2 Å². The van der Waals surface area contributed by atoms with E-state index in [1.165, 1.54) is 25.3 Å². The molecule has 0 aliphatic rings. The highest BCUT2D eigenvalue weighted by atomic mass is 35.5. The van der Waals surface area contributed by atoms with E-state index in [9.17, 15) is 17.2 Å². The van der Waals surface area contributed by atoms with Crippen molar-refractivity contribution in [3.8, 4) is 0 Å². The topological polar surface area (TPSA) is 87.7 Å². The lowest BCUT2D eigenvalue weighted by Crippen LogP contribution is -2.15. The molecule has 0 unspecified atom stereocenters. The molecule has 0 radical (unpaired) electrons. The van der Waals surface area contributed by atoms with Crippen LogP contribution in [0.3, 0.4) is 0 Å². The number of nitrogens with one attached hydrogen (secondary N) is 2. The van der Waals surface area contributed by atoms with E-state index in [-0.39, 0.29) is 26.6 Å². The summed E-state index contributed by atoms with van der Waals surface area (Å²) >= 11 is 5.73. The molecule has 3 heterocycles. The highest BCUT2D eigenvalue weighted by molar-refractivity contribution is 7.93. The van der Waals surface area contributed by atoms with Gasteiger partial charge in [0.25, 0.3) is 10.0 Å². The fourth-order valence-corrected chi connectivity index (χ4v) is 3.31. The summed E-state index contributed by atoms with van der Waals surface area (Å²) in [5.41, 5.74) is 0.220. The van der Waals surface area contributed by atoms with Gasteiger partial charge in [0.05, 0.1) is 0 Å². The lowest BCUT2D eigenvalue weighted by Gasteiger charge is -2.08. The monoisotopic (exact) mass is 358 g/mol. The first-order chi connectivity index (χ1) is 10.8. The molecule has 10 heteroatoms. The van der Waals surface area contributed by atoms with Crippen molar-refractivity contribution in [2.75, 3.05) is 4.72 Å². The minimum atomic E-state index is -4.20. The van der Waals surface area contributed by atoms with Gasteiger partial charge in [-0.05, 0) is 25.1 Å². The summed E-state index contributed by atoms with van der Waals surface area (Å²) < 4.78 is 53.9. The number of aryl methyl sites for hydroxylation is 1. The smallest absolute Gasteiger partial charge is 0.265 e. The number of fused-ring (bicyclic) bond motifs is 1. The second-order valence-electron chi connectivity index (χ2n) is 4.72. The number of hydrogen-bond donors (Lipinski definition) is 2. The SMILES string of the molecule is Cc1cc(F)c(NS(=O)(=O)c2c[nH]c3nc(Cl)ccc23)nc1F. The van der Waals surface area contributed by atoms with Gasteiger partial charge < -0.3 is 4.98 Å². The van der Waals surface area contributed by atoms with Gasteiger partial charge in [-0.15, -0.1) is 0 Å². The largest absolute Gasteiger partial charge is 0.345 e. The molecule has 23 heavy (non-hydrogen) atoms.